The molecule has 0 saturated carbocycles. The van der Waals surface area contributed by atoms with Gasteiger partial charge in [0.05, 0.1) is 6.04 Å². The number of aromatic amines is 1. The van der Waals surface area contributed by atoms with Gasteiger partial charge in [-0.1, -0.05) is 13.8 Å². The Hall–Kier alpha value is -0.920. The van der Waals surface area contributed by atoms with E-state index in [1.807, 2.05) is 13.8 Å². The predicted octanol–water partition coefficient (Wildman–Crippen LogP) is 1.43. The standard InChI is InChI=1S/C11H22N4O2S/c1-4-8-15(9-5-2)18(16,17)14-10(3)11-12-6-7-13-11/h6-7,10,14H,4-5,8-9H2,1-3H3,(H,12,13). The van der Waals surface area contributed by atoms with Crippen LogP contribution >= 0.6 is 0 Å². The number of hydrogen-bond donors (Lipinski definition) is 2. The highest BCUT2D eigenvalue weighted by Crippen LogP contribution is 2.10. The molecule has 2 N–H and O–H groups in total. The molecular weight excluding hydrogens is 252 g/mol. The van der Waals surface area contributed by atoms with E-state index in [-0.39, 0.29) is 6.04 Å². The van der Waals surface area contributed by atoms with Crippen LogP contribution in [0.4, 0.5) is 0 Å². The highest BCUT2D eigenvalue weighted by atomic mass is 32.2. The molecule has 0 spiro atoms. The lowest BCUT2D eigenvalue weighted by Crippen LogP contribution is -2.42. The van der Waals surface area contributed by atoms with Crippen molar-refractivity contribution < 1.29 is 8.42 Å². The Morgan fingerprint density at radius 1 is 1.39 bits per heavy atom. The van der Waals surface area contributed by atoms with Gasteiger partial charge in [0.25, 0.3) is 10.2 Å². The summed E-state index contributed by atoms with van der Waals surface area (Å²) in [6.07, 6.45) is 4.89. The van der Waals surface area contributed by atoms with Crippen molar-refractivity contribution in [3.8, 4) is 0 Å². The lowest BCUT2D eigenvalue weighted by atomic mass is 10.3. The van der Waals surface area contributed by atoms with Gasteiger partial charge in [-0.05, 0) is 19.8 Å². The van der Waals surface area contributed by atoms with Crippen molar-refractivity contribution >= 4 is 10.2 Å². The fourth-order valence-corrected chi connectivity index (χ4v) is 3.27. The number of nitrogens with one attached hydrogen (secondary N) is 2. The second-order valence-electron chi connectivity index (χ2n) is 4.22. The molecule has 0 aliphatic heterocycles. The fraction of sp³-hybridized carbons (Fsp3) is 0.727. The minimum Gasteiger partial charge on any atom is -0.347 e. The van der Waals surface area contributed by atoms with E-state index in [0.29, 0.717) is 18.9 Å². The first-order chi connectivity index (χ1) is 8.51. The first-order valence-corrected chi connectivity index (χ1v) is 7.72. The van der Waals surface area contributed by atoms with Crippen molar-refractivity contribution in [2.24, 2.45) is 0 Å². The second-order valence-corrected chi connectivity index (χ2v) is 5.92. The number of rotatable bonds is 8. The molecule has 1 atom stereocenters. The average molecular weight is 274 g/mol. The van der Waals surface area contributed by atoms with E-state index >= 15 is 0 Å². The van der Waals surface area contributed by atoms with Crippen LogP contribution in [0.1, 0.15) is 45.5 Å². The zero-order valence-electron chi connectivity index (χ0n) is 11.2. The molecule has 1 unspecified atom stereocenters. The number of nitrogens with zero attached hydrogens (tertiary/aromatic N) is 2. The monoisotopic (exact) mass is 274 g/mol. The van der Waals surface area contributed by atoms with Crippen molar-refractivity contribution in [2.45, 2.75) is 39.7 Å². The van der Waals surface area contributed by atoms with Gasteiger partial charge in [0.1, 0.15) is 5.82 Å². The van der Waals surface area contributed by atoms with Crippen LogP contribution in [0.3, 0.4) is 0 Å². The molecule has 1 aromatic rings. The quantitative estimate of drug-likeness (QED) is 0.752. The van der Waals surface area contributed by atoms with Gasteiger partial charge in [0.15, 0.2) is 0 Å². The minimum absolute atomic E-state index is 0.360. The molecule has 0 bridgehead atoms. The van der Waals surface area contributed by atoms with Crippen LogP contribution < -0.4 is 4.72 Å². The summed E-state index contributed by atoms with van der Waals surface area (Å²) in [7, 11) is -3.45. The van der Waals surface area contributed by atoms with Crippen molar-refractivity contribution in [3.05, 3.63) is 18.2 Å². The normalized spacial score (nSPS) is 14.0. The van der Waals surface area contributed by atoms with E-state index in [9.17, 15) is 8.42 Å². The highest BCUT2D eigenvalue weighted by molar-refractivity contribution is 7.87. The van der Waals surface area contributed by atoms with Crippen LogP contribution in [0.2, 0.25) is 0 Å². The Labute approximate surface area is 109 Å². The number of imidazole rings is 1. The fourth-order valence-electron chi connectivity index (χ4n) is 1.72. The van der Waals surface area contributed by atoms with Gasteiger partial charge in [-0.2, -0.15) is 17.4 Å². The maximum absolute atomic E-state index is 12.2. The molecule has 104 valence electrons. The highest BCUT2D eigenvalue weighted by Gasteiger charge is 2.23. The van der Waals surface area contributed by atoms with Crippen molar-refractivity contribution in [2.75, 3.05) is 13.1 Å². The third-order valence-electron chi connectivity index (χ3n) is 2.54. The van der Waals surface area contributed by atoms with Gasteiger partial charge < -0.3 is 4.98 Å². The summed E-state index contributed by atoms with van der Waals surface area (Å²) in [4.78, 5) is 6.96. The number of aromatic nitrogens is 2. The summed E-state index contributed by atoms with van der Waals surface area (Å²) < 4.78 is 28.5. The summed E-state index contributed by atoms with van der Waals surface area (Å²) in [6, 6.07) is -0.360. The first-order valence-electron chi connectivity index (χ1n) is 6.28. The first kappa shape index (κ1) is 15.1. The molecule has 18 heavy (non-hydrogen) atoms. The van der Waals surface area contributed by atoms with Crippen LogP contribution in [-0.4, -0.2) is 35.8 Å². The topological polar surface area (TPSA) is 78.1 Å². The molecule has 6 nitrogen and oxygen atoms in total. The lowest BCUT2D eigenvalue weighted by Gasteiger charge is -2.23. The molecule has 0 aliphatic rings. The molecule has 7 heteroatoms. The van der Waals surface area contributed by atoms with Crippen LogP contribution in [0.15, 0.2) is 12.4 Å². The van der Waals surface area contributed by atoms with Gasteiger partial charge in [-0.3, -0.25) is 0 Å². The zero-order valence-corrected chi connectivity index (χ0v) is 12.0. The Morgan fingerprint density at radius 3 is 2.44 bits per heavy atom. The maximum atomic E-state index is 12.2. The van der Waals surface area contributed by atoms with E-state index in [2.05, 4.69) is 14.7 Å². The maximum Gasteiger partial charge on any atom is 0.280 e. The summed E-state index contributed by atoms with van der Waals surface area (Å²) in [5, 5.41) is 0. The van der Waals surface area contributed by atoms with Gasteiger partial charge >= 0.3 is 0 Å². The Morgan fingerprint density at radius 2 is 2.00 bits per heavy atom. The smallest absolute Gasteiger partial charge is 0.280 e. The van der Waals surface area contributed by atoms with E-state index in [1.165, 1.54) is 4.31 Å². The summed E-state index contributed by atoms with van der Waals surface area (Å²) in [5.41, 5.74) is 0. The molecule has 1 rings (SSSR count). The van der Waals surface area contributed by atoms with Crippen molar-refractivity contribution in [1.82, 2.24) is 19.0 Å². The zero-order chi connectivity index (χ0) is 13.6. The third-order valence-corrected chi connectivity index (χ3v) is 4.24. The molecule has 0 aliphatic carbocycles. The van der Waals surface area contributed by atoms with Crippen molar-refractivity contribution in [1.29, 1.82) is 0 Å². The van der Waals surface area contributed by atoms with E-state index in [4.69, 9.17) is 0 Å². The summed E-state index contributed by atoms with van der Waals surface area (Å²) >= 11 is 0. The molecule has 0 radical (unpaired) electrons. The van der Waals surface area contributed by atoms with Crippen LogP contribution in [0, 0.1) is 0 Å². The van der Waals surface area contributed by atoms with Crippen LogP contribution in [0.25, 0.3) is 0 Å². The SMILES string of the molecule is CCCN(CCC)S(=O)(=O)NC(C)c1ncc[nH]1. The van der Waals surface area contributed by atoms with Crippen LogP contribution in [-0.2, 0) is 10.2 Å². The van der Waals surface area contributed by atoms with Gasteiger partial charge in [-0.15, -0.1) is 0 Å². The second kappa shape index (κ2) is 6.86. The summed E-state index contributed by atoms with van der Waals surface area (Å²) in [5.74, 6) is 0.617. The molecule has 1 heterocycles. The molecular formula is C11H22N4O2S. The predicted molar refractivity (Wildman–Crippen MR) is 71.2 cm³/mol. The lowest BCUT2D eigenvalue weighted by molar-refractivity contribution is 0.396. The Balaban J connectivity index is 2.72. The van der Waals surface area contributed by atoms with Gasteiger partial charge in [0, 0.05) is 25.5 Å². The third kappa shape index (κ3) is 4.08. The molecule has 1 aromatic heterocycles. The molecule has 0 saturated heterocycles. The molecule has 0 amide bonds. The average Bonchev–Trinajstić information content (AvgIpc) is 2.81. The minimum atomic E-state index is -3.45. The molecule has 0 aromatic carbocycles. The number of hydrogen-bond acceptors (Lipinski definition) is 3. The Bertz CT molecular complexity index is 424. The number of H-pyrrole nitrogens is 1. The Kier molecular flexibility index (Phi) is 5.77. The van der Waals surface area contributed by atoms with E-state index < -0.39 is 10.2 Å². The van der Waals surface area contributed by atoms with E-state index in [0.717, 1.165) is 12.8 Å². The van der Waals surface area contributed by atoms with Gasteiger partial charge in [-0.25, -0.2) is 4.98 Å². The largest absolute Gasteiger partial charge is 0.347 e. The summed E-state index contributed by atoms with van der Waals surface area (Å²) in [6.45, 7) is 6.77. The van der Waals surface area contributed by atoms with E-state index in [1.54, 1.807) is 19.3 Å². The van der Waals surface area contributed by atoms with Gasteiger partial charge in [0.2, 0.25) is 0 Å². The molecule has 0 fully saturated rings. The van der Waals surface area contributed by atoms with Crippen LogP contribution in [0.5, 0.6) is 0 Å². The van der Waals surface area contributed by atoms with Crippen molar-refractivity contribution in [3.63, 3.8) is 0 Å².